The molecule has 3 aromatic rings. The summed E-state index contributed by atoms with van der Waals surface area (Å²) in [5, 5.41) is 0. The molecule has 0 N–H and O–H groups in total. The molecular weight excluding hydrogens is 405 g/mol. The van der Waals surface area contributed by atoms with Crippen molar-refractivity contribution in [3.05, 3.63) is 89.2 Å². The third-order valence-electron chi connectivity index (χ3n) is 5.07. The molecule has 0 unspecified atom stereocenters. The van der Waals surface area contributed by atoms with Gasteiger partial charge in [-0.25, -0.2) is 0 Å². The standard InChI is InChI=1S/C24H27F3N2O2/c1-30-13-12-28(16-20-7-4-10-23(15-20)31-2)18-22-9-5-11-29(22)17-19-6-3-8-21(14-19)24(25,26)27/h3-11,14-15H,12-13,16-18H2,1-2H3. The Morgan fingerprint density at radius 2 is 1.68 bits per heavy atom. The van der Waals surface area contributed by atoms with E-state index in [9.17, 15) is 13.2 Å². The highest BCUT2D eigenvalue weighted by molar-refractivity contribution is 5.29. The van der Waals surface area contributed by atoms with Crippen LogP contribution in [0, 0.1) is 0 Å². The number of rotatable bonds is 10. The van der Waals surface area contributed by atoms with Gasteiger partial charge in [-0.2, -0.15) is 13.2 Å². The topological polar surface area (TPSA) is 26.6 Å². The molecular formula is C24H27F3N2O2. The van der Waals surface area contributed by atoms with Crippen molar-refractivity contribution in [2.24, 2.45) is 0 Å². The third-order valence-corrected chi connectivity index (χ3v) is 5.07. The molecule has 0 saturated heterocycles. The predicted octanol–water partition coefficient (Wildman–Crippen LogP) is 5.21. The predicted molar refractivity (Wildman–Crippen MR) is 114 cm³/mol. The Kier molecular flexibility index (Phi) is 7.76. The largest absolute Gasteiger partial charge is 0.497 e. The molecule has 4 nitrogen and oxygen atoms in total. The Hall–Kier alpha value is -2.77. The maximum atomic E-state index is 13.0. The van der Waals surface area contributed by atoms with E-state index < -0.39 is 11.7 Å². The van der Waals surface area contributed by atoms with Gasteiger partial charge in [-0.1, -0.05) is 24.3 Å². The van der Waals surface area contributed by atoms with Gasteiger partial charge in [-0.05, 0) is 47.5 Å². The van der Waals surface area contributed by atoms with Crippen molar-refractivity contribution >= 4 is 0 Å². The molecule has 0 amide bonds. The van der Waals surface area contributed by atoms with Gasteiger partial charge in [0, 0.05) is 45.2 Å². The van der Waals surface area contributed by atoms with Gasteiger partial charge in [0.15, 0.2) is 0 Å². The van der Waals surface area contributed by atoms with Gasteiger partial charge in [0.2, 0.25) is 0 Å². The van der Waals surface area contributed by atoms with Crippen molar-refractivity contribution in [3.8, 4) is 5.75 Å². The van der Waals surface area contributed by atoms with Gasteiger partial charge in [-0.3, -0.25) is 4.90 Å². The molecule has 2 aromatic carbocycles. The molecule has 0 spiro atoms. The number of nitrogens with zero attached hydrogens (tertiary/aromatic N) is 2. The van der Waals surface area contributed by atoms with Crippen LogP contribution in [0.25, 0.3) is 0 Å². The first-order valence-corrected chi connectivity index (χ1v) is 10.0. The van der Waals surface area contributed by atoms with Gasteiger partial charge in [0.25, 0.3) is 0 Å². The molecule has 0 fully saturated rings. The van der Waals surface area contributed by atoms with Gasteiger partial charge in [0.1, 0.15) is 5.75 Å². The number of hydrogen-bond acceptors (Lipinski definition) is 3. The molecule has 166 valence electrons. The zero-order valence-corrected chi connectivity index (χ0v) is 17.7. The van der Waals surface area contributed by atoms with Crippen LogP contribution in [0.2, 0.25) is 0 Å². The first-order valence-electron chi connectivity index (χ1n) is 10.0. The molecule has 1 aromatic heterocycles. The van der Waals surface area contributed by atoms with Crippen molar-refractivity contribution in [2.75, 3.05) is 27.4 Å². The number of halogens is 3. The second-order valence-electron chi connectivity index (χ2n) is 7.38. The van der Waals surface area contributed by atoms with E-state index in [1.165, 1.54) is 12.1 Å². The Balaban J connectivity index is 1.75. The fourth-order valence-electron chi connectivity index (χ4n) is 3.48. The monoisotopic (exact) mass is 432 g/mol. The smallest absolute Gasteiger partial charge is 0.416 e. The highest BCUT2D eigenvalue weighted by Gasteiger charge is 2.30. The average Bonchev–Trinajstić information content (AvgIpc) is 3.18. The van der Waals surface area contributed by atoms with Gasteiger partial charge in [-0.15, -0.1) is 0 Å². The SMILES string of the molecule is COCCN(Cc1cccc(OC)c1)Cc1cccn1Cc1cccc(C(F)(F)F)c1. The van der Waals surface area contributed by atoms with Crippen LogP contribution >= 0.6 is 0 Å². The fourth-order valence-corrected chi connectivity index (χ4v) is 3.48. The lowest BCUT2D eigenvalue weighted by atomic mass is 10.1. The summed E-state index contributed by atoms with van der Waals surface area (Å²) in [7, 11) is 3.31. The quantitative estimate of drug-likeness (QED) is 0.440. The maximum absolute atomic E-state index is 13.0. The molecule has 3 rings (SSSR count). The van der Waals surface area contributed by atoms with Crippen molar-refractivity contribution in [3.63, 3.8) is 0 Å². The van der Waals surface area contributed by atoms with Crippen LogP contribution in [0.5, 0.6) is 5.75 Å². The number of methoxy groups -OCH3 is 2. The molecule has 0 bridgehead atoms. The summed E-state index contributed by atoms with van der Waals surface area (Å²) in [5.74, 6) is 0.803. The number of ether oxygens (including phenoxy) is 2. The highest BCUT2D eigenvalue weighted by atomic mass is 19.4. The minimum absolute atomic E-state index is 0.379. The molecule has 1 heterocycles. The lowest BCUT2D eigenvalue weighted by Crippen LogP contribution is -2.27. The minimum Gasteiger partial charge on any atom is -0.497 e. The third kappa shape index (κ3) is 6.60. The molecule has 0 radical (unpaired) electrons. The summed E-state index contributed by atoms with van der Waals surface area (Å²) in [4.78, 5) is 2.25. The number of alkyl halides is 3. The van der Waals surface area contributed by atoms with Gasteiger partial charge < -0.3 is 14.0 Å². The molecule has 0 aliphatic carbocycles. The first-order chi connectivity index (χ1) is 14.9. The Morgan fingerprint density at radius 3 is 2.42 bits per heavy atom. The Bertz CT molecular complexity index is 969. The summed E-state index contributed by atoms with van der Waals surface area (Å²) in [6.45, 7) is 3.03. The summed E-state index contributed by atoms with van der Waals surface area (Å²) in [6, 6.07) is 17.3. The summed E-state index contributed by atoms with van der Waals surface area (Å²) < 4.78 is 51.7. The van der Waals surface area contributed by atoms with Crippen LogP contribution in [-0.4, -0.2) is 36.8 Å². The zero-order valence-electron chi connectivity index (χ0n) is 17.7. The van der Waals surface area contributed by atoms with Crippen molar-refractivity contribution < 1.29 is 22.6 Å². The zero-order chi connectivity index (χ0) is 22.3. The van der Waals surface area contributed by atoms with Crippen molar-refractivity contribution in [1.29, 1.82) is 0 Å². The van der Waals surface area contributed by atoms with Crippen LogP contribution < -0.4 is 4.74 Å². The van der Waals surface area contributed by atoms with Crippen molar-refractivity contribution in [1.82, 2.24) is 9.47 Å². The Morgan fingerprint density at radius 1 is 0.903 bits per heavy atom. The summed E-state index contributed by atoms with van der Waals surface area (Å²) >= 11 is 0. The van der Waals surface area contributed by atoms with Gasteiger partial charge in [0.05, 0.1) is 19.3 Å². The Labute approximate surface area is 180 Å². The van der Waals surface area contributed by atoms with Crippen LogP contribution in [-0.2, 0) is 30.5 Å². The number of hydrogen-bond donors (Lipinski definition) is 0. The van der Waals surface area contributed by atoms with E-state index in [2.05, 4.69) is 4.90 Å². The van der Waals surface area contributed by atoms with E-state index in [1.54, 1.807) is 20.3 Å². The molecule has 0 atom stereocenters. The summed E-state index contributed by atoms with van der Waals surface area (Å²) in [5.41, 5.74) is 2.13. The van der Waals surface area contributed by atoms with Crippen LogP contribution in [0.15, 0.2) is 66.9 Å². The number of aromatic nitrogens is 1. The van der Waals surface area contributed by atoms with Crippen molar-refractivity contribution in [2.45, 2.75) is 25.8 Å². The molecule has 0 aliphatic rings. The molecule has 7 heteroatoms. The second-order valence-corrected chi connectivity index (χ2v) is 7.38. The van der Waals surface area contributed by atoms with E-state index in [-0.39, 0.29) is 0 Å². The minimum atomic E-state index is -4.34. The molecule has 31 heavy (non-hydrogen) atoms. The van der Waals surface area contributed by atoms with Crippen LogP contribution in [0.1, 0.15) is 22.4 Å². The van der Waals surface area contributed by atoms with E-state index in [1.807, 2.05) is 47.2 Å². The van der Waals surface area contributed by atoms with E-state index in [0.717, 1.165) is 29.6 Å². The van der Waals surface area contributed by atoms with Crippen LogP contribution in [0.4, 0.5) is 13.2 Å². The fraction of sp³-hybridized carbons (Fsp3) is 0.333. The highest BCUT2D eigenvalue weighted by Crippen LogP contribution is 2.29. The van der Waals surface area contributed by atoms with Gasteiger partial charge >= 0.3 is 6.18 Å². The van der Waals surface area contributed by atoms with E-state index in [0.29, 0.717) is 31.8 Å². The average molecular weight is 432 g/mol. The second kappa shape index (κ2) is 10.5. The van der Waals surface area contributed by atoms with E-state index >= 15 is 0 Å². The molecule has 0 aliphatic heterocycles. The molecule has 0 saturated carbocycles. The normalized spacial score (nSPS) is 11.8. The maximum Gasteiger partial charge on any atom is 0.416 e. The summed E-state index contributed by atoms with van der Waals surface area (Å²) in [6.07, 6.45) is -2.45. The number of benzene rings is 2. The van der Waals surface area contributed by atoms with E-state index in [4.69, 9.17) is 9.47 Å². The van der Waals surface area contributed by atoms with Crippen LogP contribution in [0.3, 0.4) is 0 Å². The lowest BCUT2D eigenvalue weighted by Gasteiger charge is -2.23. The first kappa shape index (κ1) is 22.9. The lowest BCUT2D eigenvalue weighted by molar-refractivity contribution is -0.137.